The van der Waals surface area contributed by atoms with E-state index in [0.717, 1.165) is 32.9 Å². The summed E-state index contributed by atoms with van der Waals surface area (Å²) < 4.78 is 26.2. The minimum Gasteiger partial charge on any atom is -0.442 e. The van der Waals surface area contributed by atoms with Crippen LogP contribution in [0.1, 0.15) is 34.6 Å². The number of unbranched alkanes of at least 4 members (excludes halogenated alkanes) is 1. The molecule has 47 heavy (non-hydrogen) atoms. The van der Waals surface area contributed by atoms with Gasteiger partial charge in [-0.15, -0.1) is 11.3 Å². The van der Waals surface area contributed by atoms with E-state index in [1.165, 1.54) is 29.4 Å². The molecule has 0 spiro atoms. The van der Waals surface area contributed by atoms with Crippen LogP contribution in [0.2, 0.25) is 4.34 Å². The third-order valence-electron chi connectivity index (χ3n) is 7.64. The first-order chi connectivity index (χ1) is 22.6. The number of aromatic amines is 1. The quantitative estimate of drug-likeness (QED) is 0.214. The summed E-state index contributed by atoms with van der Waals surface area (Å²) in [4.78, 5) is 74.2. The van der Waals surface area contributed by atoms with Gasteiger partial charge >= 0.3 is 6.09 Å². The molecule has 3 aromatic rings. The van der Waals surface area contributed by atoms with Crippen molar-refractivity contribution in [2.75, 3.05) is 49.2 Å². The maximum atomic E-state index is 15.2. The van der Waals surface area contributed by atoms with Crippen molar-refractivity contribution in [2.45, 2.75) is 37.8 Å². The number of imide groups is 1. The van der Waals surface area contributed by atoms with Gasteiger partial charge in [0.05, 0.1) is 47.0 Å². The normalized spacial score (nSPS) is 17.1. The lowest BCUT2D eigenvalue weighted by atomic mass is 10.1. The van der Waals surface area contributed by atoms with Crippen LogP contribution in [0.3, 0.4) is 0 Å². The molecule has 2 fully saturated rings. The van der Waals surface area contributed by atoms with Crippen LogP contribution in [0.4, 0.5) is 20.6 Å². The van der Waals surface area contributed by atoms with Gasteiger partial charge in [-0.2, -0.15) is 0 Å². The predicted octanol–water partition coefficient (Wildman–Crippen LogP) is 2.48. The zero-order chi connectivity index (χ0) is 33.5. The summed E-state index contributed by atoms with van der Waals surface area (Å²) in [5.41, 5.74) is 6.52. The van der Waals surface area contributed by atoms with E-state index >= 15 is 4.39 Å². The number of ether oxygens (including phenoxy) is 2. The molecule has 5 amide bonds. The summed E-state index contributed by atoms with van der Waals surface area (Å²) in [5.74, 6) is -2.66. The molecule has 17 heteroatoms. The number of H-pyrrole nitrogens is 1. The van der Waals surface area contributed by atoms with Gasteiger partial charge in [-0.05, 0) is 49.7 Å². The molecule has 1 aromatic carbocycles. The van der Waals surface area contributed by atoms with Crippen LogP contribution < -0.4 is 20.9 Å². The van der Waals surface area contributed by atoms with Crippen molar-refractivity contribution in [3.8, 4) is 0 Å². The van der Waals surface area contributed by atoms with Gasteiger partial charge in [0.2, 0.25) is 11.8 Å². The Morgan fingerprint density at radius 3 is 2.72 bits per heavy atom. The Labute approximate surface area is 277 Å². The van der Waals surface area contributed by atoms with Crippen molar-refractivity contribution in [2.24, 2.45) is 5.73 Å². The van der Waals surface area contributed by atoms with E-state index in [1.807, 2.05) is 0 Å². The molecule has 2 aliphatic heterocycles. The number of carbonyl (C=O) groups excluding carboxylic acids is 5. The number of amides is 5. The van der Waals surface area contributed by atoms with Crippen LogP contribution in [0.25, 0.3) is 0 Å². The highest BCUT2D eigenvalue weighted by Gasteiger charge is 2.38. The third-order valence-corrected chi connectivity index (χ3v) is 8.86. The molecule has 0 unspecified atom stereocenters. The minimum atomic E-state index is -0.939. The molecule has 2 atom stereocenters. The molecule has 0 radical (unpaired) electrons. The number of benzene rings is 1. The molecule has 2 aliphatic rings. The number of halogens is 2. The van der Waals surface area contributed by atoms with Crippen molar-refractivity contribution in [3.05, 3.63) is 63.6 Å². The van der Waals surface area contributed by atoms with E-state index in [0.29, 0.717) is 42.4 Å². The Morgan fingerprint density at radius 1 is 1.21 bits per heavy atom. The topological polar surface area (TPSA) is 180 Å². The lowest BCUT2D eigenvalue weighted by molar-refractivity contribution is -0.129. The zero-order valence-electron chi connectivity index (χ0n) is 25.2. The largest absolute Gasteiger partial charge is 0.442 e. The summed E-state index contributed by atoms with van der Waals surface area (Å²) in [5, 5.41) is 3.08. The third kappa shape index (κ3) is 8.51. The lowest BCUT2D eigenvalue weighted by Crippen LogP contribution is -2.44. The molecule has 250 valence electrons. The molecule has 14 nitrogen and oxygen atoms in total. The van der Waals surface area contributed by atoms with E-state index in [9.17, 15) is 24.0 Å². The number of morpholine rings is 1. The average Bonchev–Trinajstić information content (AvgIpc) is 3.80. The average molecular weight is 690 g/mol. The molecule has 0 aliphatic carbocycles. The Balaban J connectivity index is 1.20. The fourth-order valence-electron chi connectivity index (χ4n) is 5.25. The van der Waals surface area contributed by atoms with Crippen LogP contribution in [-0.4, -0.2) is 96.1 Å². The molecule has 4 heterocycles. The number of nitrogens with zero attached hydrogens (tertiary/aromatic N) is 4. The number of imidazole rings is 1. The van der Waals surface area contributed by atoms with Crippen molar-refractivity contribution < 1.29 is 37.8 Å². The van der Waals surface area contributed by atoms with Crippen LogP contribution in [0.5, 0.6) is 0 Å². The number of nitrogens with two attached hydrogens (primary N) is 1. The first-order valence-corrected chi connectivity index (χ1v) is 16.1. The number of anilines is 2. The van der Waals surface area contributed by atoms with Crippen molar-refractivity contribution in [1.29, 1.82) is 0 Å². The van der Waals surface area contributed by atoms with Gasteiger partial charge in [0, 0.05) is 37.0 Å². The summed E-state index contributed by atoms with van der Waals surface area (Å²) >= 11 is 7.05. The minimum absolute atomic E-state index is 0.00492. The number of nitrogens with one attached hydrogen (secondary N) is 2. The lowest BCUT2D eigenvalue weighted by Gasteiger charge is -2.27. The van der Waals surface area contributed by atoms with Crippen molar-refractivity contribution in [3.63, 3.8) is 0 Å². The molecule has 0 saturated carbocycles. The first-order valence-electron chi connectivity index (χ1n) is 14.9. The van der Waals surface area contributed by atoms with Crippen LogP contribution in [0.15, 0.2) is 42.9 Å². The van der Waals surface area contributed by atoms with Gasteiger partial charge in [0.1, 0.15) is 18.5 Å². The van der Waals surface area contributed by atoms with Crippen LogP contribution in [0, 0.1) is 5.82 Å². The monoisotopic (exact) mass is 689 g/mol. The molecule has 2 saturated heterocycles. The Hall–Kier alpha value is -4.38. The highest BCUT2D eigenvalue weighted by atomic mass is 35.5. The second-order valence-corrected chi connectivity index (χ2v) is 12.6. The number of cyclic esters (lactones) is 1. The van der Waals surface area contributed by atoms with E-state index in [2.05, 4.69) is 15.3 Å². The van der Waals surface area contributed by atoms with Crippen LogP contribution >= 0.6 is 22.9 Å². The van der Waals surface area contributed by atoms with Crippen molar-refractivity contribution in [1.82, 2.24) is 20.2 Å². The van der Waals surface area contributed by atoms with Gasteiger partial charge in [0.15, 0.2) is 0 Å². The Kier molecular flexibility index (Phi) is 11.2. The highest BCUT2D eigenvalue weighted by Crippen LogP contribution is 2.30. The summed E-state index contributed by atoms with van der Waals surface area (Å²) in [6.07, 6.45) is 2.55. The molecule has 2 aromatic heterocycles. The molecule has 5 rings (SSSR count). The second kappa shape index (κ2) is 15.5. The van der Waals surface area contributed by atoms with Crippen molar-refractivity contribution >= 4 is 64.0 Å². The highest BCUT2D eigenvalue weighted by molar-refractivity contribution is 7.18. The molecular formula is C30H33ClFN7O7S. The number of primary amides is 1. The molecule has 4 N–H and O–H groups in total. The smallest absolute Gasteiger partial charge is 0.414 e. The predicted molar refractivity (Wildman–Crippen MR) is 170 cm³/mol. The first kappa shape index (κ1) is 34.0. The zero-order valence-corrected chi connectivity index (χ0v) is 26.7. The number of hydrogen-bond acceptors (Lipinski definition) is 10. The van der Waals surface area contributed by atoms with Gasteiger partial charge in [-0.3, -0.25) is 29.0 Å². The Morgan fingerprint density at radius 2 is 2.04 bits per heavy atom. The standard InChI is InChI=1S/C30H33ClFN7O7S/c31-25-7-6-24(47-25)29(43)39(26(40)3-1-2-8-35-22(28(33)42)11-18-13-34-17-36-18)15-20-14-38(30(44)46-20)23-5-4-19(12-21(23)32)37-9-10-45-16-27(37)41/h4-7,12-13,17,20,22,35H,1-3,8-11,14-16H2,(H2,33,42)(H,34,36)/t20-,22+/m1/s1. The summed E-state index contributed by atoms with van der Waals surface area (Å²) in [6.45, 7) is 0.499. The second-order valence-electron chi connectivity index (χ2n) is 10.9. The van der Waals surface area contributed by atoms with Gasteiger partial charge in [0.25, 0.3) is 11.8 Å². The van der Waals surface area contributed by atoms with E-state index < -0.39 is 41.8 Å². The number of hydrogen-bond donors (Lipinski definition) is 3. The van der Waals surface area contributed by atoms with E-state index in [-0.39, 0.29) is 49.1 Å². The number of carbonyl (C=O) groups is 5. The SMILES string of the molecule is NC(=O)[C@H](Cc1cnc[nH]1)NCCCCC(=O)N(C[C@H]1CN(c2ccc(N3CCOCC3=O)cc2F)C(=O)O1)C(=O)c1ccc(Cl)s1. The number of thiophene rings is 1. The fourth-order valence-corrected chi connectivity index (χ4v) is 6.25. The van der Waals surface area contributed by atoms with Gasteiger partial charge in [-0.1, -0.05) is 11.6 Å². The van der Waals surface area contributed by atoms with Gasteiger partial charge < -0.3 is 30.4 Å². The molecule has 0 bridgehead atoms. The van der Waals surface area contributed by atoms with Crippen LogP contribution in [-0.2, 0) is 30.3 Å². The summed E-state index contributed by atoms with van der Waals surface area (Å²) in [7, 11) is 0. The number of aromatic nitrogens is 2. The summed E-state index contributed by atoms with van der Waals surface area (Å²) in [6, 6.07) is 6.49. The van der Waals surface area contributed by atoms with E-state index in [1.54, 1.807) is 12.3 Å². The van der Waals surface area contributed by atoms with Gasteiger partial charge in [-0.25, -0.2) is 14.2 Å². The number of rotatable bonds is 14. The fraction of sp³-hybridized carbons (Fsp3) is 0.400. The maximum absolute atomic E-state index is 15.2. The Bertz CT molecular complexity index is 1620. The maximum Gasteiger partial charge on any atom is 0.414 e. The molecular weight excluding hydrogens is 657 g/mol. The van der Waals surface area contributed by atoms with E-state index in [4.69, 9.17) is 26.8 Å².